The van der Waals surface area contributed by atoms with Crippen LogP contribution in [0.2, 0.25) is 10.0 Å². The van der Waals surface area contributed by atoms with Gasteiger partial charge in [0.15, 0.2) is 0 Å². The monoisotopic (exact) mass is 318 g/mol. The fourth-order valence-corrected chi connectivity index (χ4v) is 3.53. The maximum atomic E-state index is 6.21. The third kappa shape index (κ3) is 1.35. The number of nitrogens with two attached hydrogens (primary N) is 1. The summed E-state index contributed by atoms with van der Waals surface area (Å²) in [5, 5.41) is 2.15. The molecule has 16 heavy (non-hydrogen) atoms. The summed E-state index contributed by atoms with van der Waals surface area (Å²) in [5.74, 6) is 0. The highest BCUT2D eigenvalue weighted by atomic mass is 79.9. The highest BCUT2D eigenvalue weighted by Crippen LogP contribution is 2.41. The standard InChI is InChI=1S/C11H9BrCl2N2/c12-7-4-8(13)10(14)6-3-5-1-2-9(15)16(5)11(6)7/h3-4,9H,1-2,15H2/t9-/m1/s1. The lowest BCUT2D eigenvalue weighted by Gasteiger charge is -2.11. The third-order valence-corrected chi connectivity index (χ3v) is 4.48. The van der Waals surface area contributed by atoms with Gasteiger partial charge in [-0.15, -0.1) is 0 Å². The Morgan fingerprint density at radius 2 is 2.12 bits per heavy atom. The Hall–Kier alpha value is -0.220. The van der Waals surface area contributed by atoms with Crippen LogP contribution in [0.1, 0.15) is 18.3 Å². The molecule has 2 heterocycles. The van der Waals surface area contributed by atoms with Crippen LogP contribution in [0.5, 0.6) is 0 Å². The summed E-state index contributed by atoms with van der Waals surface area (Å²) in [6, 6.07) is 3.91. The van der Waals surface area contributed by atoms with Crippen molar-refractivity contribution in [3.8, 4) is 0 Å². The molecule has 0 bridgehead atoms. The van der Waals surface area contributed by atoms with Crippen molar-refractivity contribution in [2.75, 3.05) is 0 Å². The first-order valence-corrected chi connectivity index (χ1v) is 6.57. The molecule has 1 aromatic carbocycles. The molecule has 0 fully saturated rings. The molecule has 0 saturated carbocycles. The Labute approximate surface area is 111 Å². The van der Waals surface area contributed by atoms with Crippen LogP contribution in [0.25, 0.3) is 10.9 Å². The molecule has 0 spiro atoms. The smallest absolute Gasteiger partial charge is 0.0821 e. The summed E-state index contributed by atoms with van der Waals surface area (Å²) in [4.78, 5) is 0. The van der Waals surface area contributed by atoms with Gasteiger partial charge in [-0.3, -0.25) is 0 Å². The van der Waals surface area contributed by atoms with Gasteiger partial charge in [-0.05, 0) is 40.9 Å². The molecular weight excluding hydrogens is 311 g/mol. The fourth-order valence-electron chi connectivity index (χ4n) is 2.36. The Kier molecular flexibility index (Phi) is 2.48. The van der Waals surface area contributed by atoms with Crippen molar-refractivity contribution in [3.63, 3.8) is 0 Å². The molecule has 5 heteroatoms. The van der Waals surface area contributed by atoms with Crippen molar-refractivity contribution in [1.82, 2.24) is 4.57 Å². The lowest BCUT2D eigenvalue weighted by atomic mass is 10.2. The SMILES string of the molecule is N[C@H]1CCc2cc3c(Cl)c(Cl)cc(Br)c3n21. The molecule has 84 valence electrons. The molecule has 3 rings (SSSR count). The molecule has 0 aliphatic carbocycles. The van der Waals surface area contributed by atoms with E-state index >= 15 is 0 Å². The highest BCUT2D eigenvalue weighted by molar-refractivity contribution is 9.10. The van der Waals surface area contributed by atoms with Gasteiger partial charge < -0.3 is 10.3 Å². The van der Waals surface area contributed by atoms with Crippen LogP contribution in [-0.4, -0.2) is 4.57 Å². The van der Waals surface area contributed by atoms with Crippen LogP contribution in [-0.2, 0) is 6.42 Å². The zero-order valence-corrected chi connectivity index (χ0v) is 11.4. The molecule has 2 nitrogen and oxygen atoms in total. The Morgan fingerprint density at radius 1 is 1.38 bits per heavy atom. The molecular formula is C11H9BrCl2N2. The molecule has 0 saturated heterocycles. The van der Waals surface area contributed by atoms with E-state index in [2.05, 4.69) is 26.6 Å². The Morgan fingerprint density at radius 3 is 2.88 bits per heavy atom. The topological polar surface area (TPSA) is 30.9 Å². The minimum Gasteiger partial charge on any atom is -0.328 e. The number of fused-ring (bicyclic) bond motifs is 3. The molecule has 0 unspecified atom stereocenters. The summed E-state index contributed by atoms with van der Waals surface area (Å²) in [6.07, 6.45) is 2.02. The lowest BCUT2D eigenvalue weighted by molar-refractivity contribution is 0.566. The van der Waals surface area contributed by atoms with Gasteiger partial charge in [-0.2, -0.15) is 0 Å². The number of rotatable bonds is 0. The fraction of sp³-hybridized carbons (Fsp3) is 0.273. The van der Waals surface area contributed by atoms with E-state index in [-0.39, 0.29) is 6.17 Å². The molecule has 0 radical (unpaired) electrons. The summed E-state index contributed by atoms with van der Waals surface area (Å²) in [6.45, 7) is 0. The summed E-state index contributed by atoms with van der Waals surface area (Å²) < 4.78 is 3.09. The van der Waals surface area contributed by atoms with Crippen molar-refractivity contribution in [3.05, 3.63) is 32.3 Å². The first-order chi connectivity index (χ1) is 7.59. The number of benzene rings is 1. The van der Waals surface area contributed by atoms with Crippen LogP contribution in [0.3, 0.4) is 0 Å². The maximum absolute atomic E-state index is 6.21. The van der Waals surface area contributed by atoms with Crippen LogP contribution in [0, 0.1) is 0 Å². The van der Waals surface area contributed by atoms with Gasteiger partial charge in [0.05, 0.1) is 21.7 Å². The zero-order chi connectivity index (χ0) is 11.4. The number of nitrogens with zero attached hydrogens (tertiary/aromatic N) is 1. The van der Waals surface area contributed by atoms with Gasteiger partial charge in [-0.1, -0.05) is 23.2 Å². The first kappa shape index (κ1) is 10.9. The van der Waals surface area contributed by atoms with E-state index in [9.17, 15) is 0 Å². The number of aromatic nitrogens is 1. The predicted octanol–water partition coefficient (Wildman–Crippen LogP) is 4.11. The molecule has 1 atom stereocenters. The van der Waals surface area contributed by atoms with E-state index < -0.39 is 0 Å². The minimum absolute atomic E-state index is 0.0426. The van der Waals surface area contributed by atoms with Gasteiger partial charge in [0, 0.05) is 15.6 Å². The summed E-state index contributed by atoms with van der Waals surface area (Å²) in [5.41, 5.74) is 8.36. The van der Waals surface area contributed by atoms with Crippen molar-refractivity contribution in [1.29, 1.82) is 0 Å². The maximum Gasteiger partial charge on any atom is 0.0821 e. The minimum atomic E-state index is 0.0426. The van der Waals surface area contributed by atoms with E-state index in [0.717, 1.165) is 28.2 Å². The lowest BCUT2D eigenvalue weighted by Crippen LogP contribution is -2.13. The van der Waals surface area contributed by atoms with Crippen molar-refractivity contribution < 1.29 is 0 Å². The second kappa shape index (κ2) is 3.64. The van der Waals surface area contributed by atoms with Gasteiger partial charge >= 0.3 is 0 Å². The normalized spacial score (nSPS) is 19.4. The van der Waals surface area contributed by atoms with E-state index in [1.807, 2.05) is 6.07 Å². The number of halogens is 3. The molecule has 2 aromatic rings. The second-order valence-electron chi connectivity index (χ2n) is 4.03. The van der Waals surface area contributed by atoms with Gasteiger partial charge in [0.1, 0.15) is 0 Å². The second-order valence-corrected chi connectivity index (χ2v) is 5.67. The van der Waals surface area contributed by atoms with E-state index in [4.69, 9.17) is 28.9 Å². The predicted molar refractivity (Wildman–Crippen MR) is 71.2 cm³/mol. The van der Waals surface area contributed by atoms with Crippen LogP contribution in [0.4, 0.5) is 0 Å². The van der Waals surface area contributed by atoms with E-state index in [1.54, 1.807) is 0 Å². The molecule has 2 N–H and O–H groups in total. The molecule has 1 aromatic heterocycles. The first-order valence-electron chi connectivity index (χ1n) is 5.02. The number of hydrogen-bond donors (Lipinski definition) is 1. The quantitative estimate of drug-likeness (QED) is 0.728. The number of hydrogen-bond acceptors (Lipinski definition) is 1. The molecule has 1 aliphatic rings. The van der Waals surface area contributed by atoms with Crippen LogP contribution < -0.4 is 5.73 Å². The largest absolute Gasteiger partial charge is 0.328 e. The van der Waals surface area contributed by atoms with Crippen molar-refractivity contribution >= 4 is 50.0 Å². The third-order valence-electron chi connectivity index (χ3n) is 3.07. The van der Waals surface area contributed by atoms with Gasteiger partial charge in [0.2, 0.25) is 0 Å². The van der Waals surface area contributed by atoms with Gasteiger partial charge in [0.25, 0.3) is 0 Å². The van der Waals surface area contributed by atoms with Crippen molar-refractivity contribution in [2.45, 2.75) is 19.0 Å². The summed E-state index contributed by atoms with van der Waals surface area (Å²) in [7, 11) is 0. The Bertz CT molecular complexity index is 591. The molecule has 1 aliphatic heterocycles. The van der Waals surface area contributed by atoms with Crippen molar-refractivity contribution in [2.24, 2.45) is 5.73 Å². The summed E-state index contributed by atoms with van der Waals surface area (Å²) >= 11 is 15.8. The molecule has 0 amide bonds. The average Bonchev–Trinajstić information content (AvgIpc) is 2.76. The average molecular weight is 320 g/mol. The Balaban J connectivity index is 2.46. The van der Waals surface area contributed by atoms with E-state index in [1.165, 1.54) is 5.69 Å². The van der Waals surface area contributed by atoms with Crippen LogP contribution >= 0.6 is 39.1 Å². The number of aryl methyl sites for hydroxylation is 1. The zero-order valence-electron chi connectivity index (χ0n) is 8.30. The van der Waals surface area contributed by atoms with E-state index in [0.29, 0.717) is 10.0 Å². The van der Waals surface area contributed by atoms with Gasteiger partial charge in [-0.25, -0.2) is 0 Å². The highest BCUT2D eigenvalue weighted by Gasteiger charge is 2.24. The van der Waals surface area contributed by atoms with Crippen LogP contribution in [0.15, 0.2) is 16.6 Å².